The molecular formula is C44H29N3O2. The van der Waals surface area contributed by atoms with Crippen LogP contribution < -0.4 is 0 Å². The van der Waals surface area contributed by atoms with Gasteiger partial charge >= 0.3 is 0 Å². The molecule has 9 aromatic rings. The van der Waals surface area contributed by atoms with Gasteiger partial charge in [0.15, 0.2) is 17.5 Å². The molecule has 6 aromatic carbocycles. The number of fused-ring (bicyclic) bond motifs is 7. The van der Waals surface area contributed by atoms with Crippen molar-refractivity contribution in [2.75, 3.05) is 0 Å². The summed E-state index contributed by atoms with van der Waals surface area (Å²) < 4.78 is 12.7. The summed E-state index contributed by atoms with van der Waals surface area (Å²) in [5.41, 5.74) is 8.56. The number of aromatic nitrogens is 3. The van der Waals surface area contributed by atoms with E-state index in [0.29, 0.717) is 23.4 Å². The molecule has 1 aliphatic carbocycles. The van der Waals surface area contributed by atoms with Crippen LogP contribution in [0.15, 0.2) is 142 Å². The summed E-state index contributed by atoms with van der Waals surface area (Å²) in [6.07, 6.45) is 5.43. The van der Waals surface area contributed by atoms with Gasteiger partial charge in [-0.05, 0) is 52.6 Å². The smallest absolute Gasteiger partial charge is 0.164 e. The van der Waals surface area contributed by atoms with Crippen LogP contribution in [0.1, 0.15) is 30.6 Å². The first-order chi connectivity index (χ1) is 24.2. The molecule has 1 unspecified atom stereocenters. The second-order valence-corrected chi connectivity index (χ2v) is 12.8. The first-order valence-electron chi connectivity index (χ1n) is 16.7. The molecule has 49 heavy (non-hydrogen) atoms. The fourth-order valence-electron chi connectivity index (χ4n) is 7.39. The van der Waals surface area contributed by atoms with E-state index in [9.17, 15) is 0 Å². The predicted molar refractivity (Wildman–Crippen MR) is 198 cm³/mol. The van der Waals surface area contributed by atoms with Gasteiger partial charge in [-0.3, -0.25) is 0 Å². The first kappa shape index (κ1) is 27.8. The number of nitrogens with zero attached hydrogens (tertiary/aromatic N) is 3. The van der Waals surface area contributed by atoms with Crippen molar-refractivity contribution >= 4 is 49.8 Å². The zero-order chi connectivity index (χ0) is 32.5. The van der Waals surface area contributed by atoms with Crippen LogP contribution in [0, 0.1) is 0 Å². The number of allylic oxidation sites excluding steroid dienone is 1. The maximum absolute atomic E-state index is 6.47. The van der Waals surface area contributed by atoms with Crippen LogP contribution in [-0.2, 0) is 0 Å². The van der Waals surface area contributed by atoms with E-state index >= 15 is 0 Å². The molecule has 5 heteroatoms. The zero-order valence-corrected chi connectivity index (χ0v) is 26.7. The molecule has 10 rings (SSSR count). The van der Waals surface area contributed by atoms with Crippen LogP contribution in [0.3, 0.4) is 0 Å². The van der Waals surface area contributed by atoms with Gasteiger partial charge in [-0.25, -0.2) is 15.0 Å². The summed E-state index contributed by atoms with van der Waals surface area (Å²) in [4.78, 5) is 15.6. The molecule has 0 N–H and O–H groups in total. The molecule has 232 valence electrons. The highest BCUT2D eigenvalue weighted by Crippen LogP contribution is 2.44. The van der Waals surface area contributed by atoms with Gasteiger partial charge in [0, 0.05) is 44.3 Å². The second kappa shape index (κ2) is 10.9. The van der Waals surface area contributed by atoms with Crippen LogP contribution in [-0.4, -0.2) is 15.0 Å². The standard InChI is InChI=1S/C44H29N3O2/c1-26-11-8-18-34-39-31(17-9-22-38(39)49-41(26)34)30-14-4-5-15-32(30)43-45-42(29-24-23-27-12-2-3-13-28(27)25-29)46-44(47-43)35-19-10-21-37-40(35)33-16-6-7-20-36(33)48-37/h2-10,12-26H,11H2,1H3. The molecule has 0 fully saturated rings. The summed E-state index contributed by atoms with van der Waals surface area (Å²) in [6.45, 7) is 2.22. The Morgan fingerprint density at radius 3 is 2.06 bits per heavy atom. The lowest BCUT2D eigenvalue weighted by molar-refractivity contribution is 0.504. The molecule has 1 atom stereocenters. The maximum Gasteiger partial charge on any atom is 0.164 e. The number of hydrogen-bond donors (Lipinski definition) is 0. The van der Waals surface area contributed by atoms with Crippen LogP contribution in [0.25, 0.3) is 95.0 Å². The second-order valence-electron chi connectivity index (χ2n) is 12.8. The van der Waals surface area contributed by atoms with E-state index in [1.807, 2.05) is 30.3 Å². The Morgan fingerprint density at radius 2 is 1.18 bits per heavy atom. The lowest BCUT2D eigenvalue weighted by Gasteiger charge is -2.14. The van der Waals surface area contributed by atoms with E-state index in [1.165, 1.54) is 5.39 Å². The van der Waals surface area contributed by atoms with Crippen molar-refractivity contribution < 1.29 is 8.83 Å². The summed E-state index contributed by atoms with van der Waals surface area (Å²) >= 11 is 0. The van der Waals surface area contributed by atoms with Gasteiger partial charge in [-0.2, -0.15) is 0 Å². The molecule has 0 spiro atoms. The highest BCUT2D eigenvalue weighted by atomic mass is 16.3. The normalized spacial score (nSPS) is 14.3. The van der Waals surface area contributed by atoms with Crippen LogP contribution in [0.5, 0.6) is 0 Å². The molecule has 0 amide bonds. The SMILES string of the molecule is CC1CC=Cc2c1oc1cccc(-c3ccccc3-c3nc(-c4ccc5ccccc5c4)nc(-c4cccc5oc6ccccc6c45)n3)c21. The molecule has 3 heterocycles. The minimum atomic E-state index is 0.327. The third-order valence-electron chi connectivity index (χ3n) is 9.75. The van der Waals surface area contributed by atoms with Crippen molar-refractivity contribution in [2.24, 2.45) is 0 Å². The Kier molecular flexibility index (Phi) is 6.15. The molecule has 1 aliphatic rings. The van der Waals surface area contributed by atoms with Crippen LogP contribution in [0.4, 0.5) is 0 Å². The third-order valence-corrected chi connectivity index (χ3v) is 9.75. The lowest BCUT2D eigenvalue weighted by atomic mass is 9.90. The van der Waals surface area contributed by atoms with Crippen molar-refractivity contribution in [3.05, 3.63) is 145 Å². The predicted octanol–water partition coefficient (Wildman–Crippen LogP) is 11.9. The van der Waals surface area contributed by atoms with E-state index in [0.717, 1.165) is 83.9 Å². The van der Waals surface area contributed by atoms with Crippen molar-refractivity contribution in [1.82, 2.24) is 15.0 Å². The van der Waals surface area contributed by atoms with Gasteiger partial charge in [-0.1, -0.05) is 122 Å². The average molecular weight is 632 g/mol. The Bertz CT molecular complexity index is 2790. The fourth-order valence-corrected chi connectivity index (χ4v) is 7.39. The Hall–Kier alpha value is -6.33. The van der Waals surface area contributed by atoms with Gasteiger partial charge in [0.1, 0.15) is 22.5 Å². The van der Waals surface area contributed by atoms with Crippen LogP contribution in [0.2, 0.25) is 0 Å². The van der Waals surface area contributed by atoms with Crippen molar-refractivity contribution in [1.29, 1.82) is 0 Å². The number of benzene rings is 6. The highest BCUT2D eigenvalue weighted by Gasteiger charge is 2.24. The van der Waals surface area contributed by atoms with Gasteiger partial charge in [0.2, 0.25) is 0 Å². The number of hydrogen-bond acceptors (Lipinski definition) is 5. The number of rotatable bonds is 4. The molecule has 0 saturated heterocycles. The van der Waals surface area contributed by atoms with Gasteiger partial charge in [-0.15, -0.1) is 0 Å². The summed E-state index contributed by atoms with van der Waals surface area (Å²) in [5.74, 6) is 3.18. The van der Waals surface area contributed by atoms with Crippen molar-refractivity contribution in [3.8, 4) is 45.3 Å². The molecule has 0 aliphatic heterocycles. The molecule has 0 bridgehead atoms. The Morgan fingerprint density at radius 1 is 0.531 bits per heavy atom. The highest BCUT2D eigenvalue weighted by molar-refractivity contribution is 6.12. The minimum Gasteiger partial charge on any atom is -0.460 e. The van der Waals surface area contributed by atoms with Gasteiger partial charge < -0.3 is 8.83 Å². The molecule has 0 saturated carbocycles. The topological polar surface area (TPSA) is 65.0 Å². The largest absolute Gasteiger partial charge is 0.460 e. The maximum atomic E-state index is 6.47. The fraction of sp³-hybridized carbons (Fsp3) is 0.0682. The Labute approximate surface area is 282 Å². The van der Waals surface area contributed by atoms with Gasteiger partial charge in [0.05, 0.1) is 0 Å². The molecule has 3 aromatic heterocycles. The van der Waals surface area contributed by atoms with Crippen molar-refractivity contribution in [3.63, 3.8) is 0 Å². The van der Waals surface area contributed by atoms with Crippen LogP contribution >= 0.6 is 0 Å². The lowest BCUT2D eigenvalue weighted by Crippen LogP contribution is -2.01. The first-order valence-corrected chi connectivity index (χ1v) is 16.7. The zero-order valence-electron chi connectivity index (χ0n) is 26.7. The minimum absolute atomic E-state index is 0.327. The summed E-state index contributed by atoms with van der Waals surface area (Å²) in [7, 11) is 0. The average Bonchev–Trinajstić information content (AvgIpc) is 3.74. The van der Waals surface area contributed by atoms with E-state index in [2.05, 4.69) is 116 Å². The number of furan rings is 2. The number of para-hydroxylation sites is 1. The Balaban J connectivity index is 1.24. The van der Waals surface area contributed by atoms with E-state index in [4.69, 9.17) is 23.8 Å². The van der Waals surface area contributed by atoms with E-state index in [-0.39, 0.29) is 0 Å². The quantitative estimate of drug-likeness (QED) is 0.193. The van der Waals surface area contributed by atoms with E-state index in [1.54, 1.807) is 0 Å². The van der Waals surface area contributed by atoms with E-state index < -0.39 is 0 Å². The summed E-state index contributed by atoms with van der Waals surface area (Å²) in [5, 5.41) is 5.43. The van der Waals surface area contributed by atoms with Crippen molar-refractivity contribution in [2.45, 2.75) is 19.3 Å². The molecule has 0 radical (unpaired) electrons. The summed E-state index contributed by atoms with van der Waals surface area (Å²) in [6, 6.07) is 43.6. The third kappa shape index (κ3) is 4.43. The van der Waals surface area contributed by atoms with Gasteiger partial charge in [0.25, 0.3) is 0 Å². The monoisotopic (exact) mass is 631 g/mol. The molecule has 5 nitrogen and oxygen atoms in total. The molecular weight excluding hydrogens is 603 g/mol.